The molecule has 0 fully saturated rings. The SMILES string of the molecule is c1ccc(-c2cccc(N(c3ccccc3)c3ccc(-c4ccccc4-c4ccc5c6ccccc6n(-c6ccc(-c7ccccc7)cc6-c6ccccc6)c5c4)cc3)c2)cc1. The van der Waals surface area contributed by atoms with E-state index in [-0.39, 0.29) is 0 Å². The Bertz CT molecular complexity index is 3310. The molecule has 10 aromatic carbocycles. The fraction of sp³-hybridized carbons (Fsp3) is 0. The number of benzene rings is 10. The second kappa shape index (κ2) is 16.1. The molecule has 1 aromatic heterocycles. The van der Waals surface area contributed by atoms with Crippen molar-refractivity contribution in [3.05, 3.63) is 255 Å². The maximum absolute atomic E-state index is 2.47. The zero-order valence-corrected chi connectivity index (χ0v) is 34.1. The Labute approximate surface area is 362 Å². The third-order valence-electron chi connectivity index (χ3n) is 12.0. The number of hydrogen-bond donors (Lipinski definition) is 0. The average Bonchev–Trinajstić information content (AvgIpc) is 3.69. The summed E-state index contributed by atoms with van der Waals surface area (Å²) in [6.07, 6.45) is 0. The van der Waals surface area contributed by atoms with Crippen molar-refractivity contribution >= 4 is 38.9 Å². The topological polar surface area (TPSA) is 8.17 Å². The normalized spacial score (nSPS) is 11.2. The fourth-order valence-electron chi connectivity index (χ4n) is 9.04. The van der Waals surface area contributed by atoms with Gasteiger partial charge in [0.25, 0.3) is 0 Å². The molecular formula is C60H42N2. The van der Waals surface area contributed by atoms with E-state index in [0.717, 1.165) is 22.7 Å². The smallest absolute Gasteiger partial charge is 0.0547 e. The first-order valence-electron chi connectivity index (χ1n) is 21.3. The van der Waals surface area contributed by atoms with E-state index in [4.69, 9.17) is 0 Å². The standard InChI is InChI=1S/C60H42N2/c1-5-18-43(19-6-1)47-24-17-27-52(40-47)61(50-25-11-4-12-26-50)51-36-32-46(33-37-51)53-28-13-14-29-54(53)49-34-38-56-55-30-15-16-31-58(55)62(60(56)42-49)59-39-35-48(44-20-7-2-8-21-44)41-57(59)45-22-9-3-10-23-45/h1-42H. The van der Waals surface area contributed by atoms with Crippen LogP contribution in [-0.4, -0.2) is 4.57 Å². The lowest BCUT2D eigenvalue weighted by Crippen LogP contribution is -2.09. The molecule has 0 amide bonds. The number of hydrogen-bond acceptors (Lipinski definition) is 1. The van der Waals surface area contributed by atoms with Crippen molar-refractivity contribution in [3.63, 3.8) is 0 Å². The minimum atomic E-state index is 1.10. The van der Waals surface area contributed by atoms with Crippen molar-refractivity contribution < 1.29 is 0 Å². The number of anilines is 3. The summed E-state index contributed by atoms with van der Waals surface area (Å²) in [5.41, 5.74) is 18.7. The van der Waals surface area contributed by atoms with Crippen molar-refractivity contribution in [2.45, 2.75) is 0 Å². The lowest BCUT2D eigenvalue weighted by molar-refractivity contribution is 1.18. The van der Waals surface area contributed by atoms with Crippen LogP contribution in [0.2, 0.25) is 0 Å². The van der Waals surface area contributed by atoms with Crippen LogP contribution in [0, 0.1) is 0 Å². The highest BCUT2D eigenvalue weighted by molar-refractivity contribution is 6.11. The minimum absolute atomic E-state index is 1.10. The van der Waals surface area contributed by atoms with Gasteiger partial charge in [0.15, 0.2) is 0 Å². The summed E-state index contributed by atoms with van der Waals surface area (Å²) in [6.45, 7) is 0. The van der Waals surface area contributed by atoms with Gasteiger partial charge in [-0.05, 0) is 111 Å². The number of rotatable bonds is 9. The number of nitrogens with zero attached hydrogens (tertiary/aromatic N) is 2. The highest BCUT2D eigenvalue weighted by Gasteiger charge is 2.19. The molecule has 292 valence electrons. The summed E-state index contributed by atoms with van der Waals surface area (Å²) >= 11 is 0. The van der Waals surface area contributed by atoms with Crippen LogP contribution in [0.5, 0.6) is 0 Å². The molecule has 0 aliphatic heterocycles. The van der Waals surface area contributed by atoms with E-state index in [9.17, 15) is 0 Å². The quantitative estimate of drug-likeness (QED) is 0.141. The Morgan fingerprint density at radius 1 is 0.242 bits per heavy atom. The van der Waals surface area contributed by atoms with E-state index in [1.807, 2.05) is 0 Å². The first kappa shape index (κ1) is 36.8. The van der Waals surface area contributed by atoms with Gasteiger partial charge >= 0.3 is 0 Å². The molecule has 0 saturated carbocycles. The summed E-state index contributed by atoms with van der Waals surface area (Å²) < 4.78 is 2.47. The molecule has 1 heterocycles. The van der Waals surface area contributed by atoms with Gasteiger partial charge in [0, 0.05) is 33.4 Å². The molecule has 0 aliphatic carbocycles. The highest BCUT2D eigenvalue weighted by Crippen LogP contribution is 2.42. The van der Waals surface area contributed by atoms with Crippen LogP contribution in [0.3, 0.4) is 0 Å². The molecule has 0 bridgehead atoms. The van der Waals surface area contributed by atoms with Crippen molar-refractivity contribution in [2.75, 3.05) is 4.90 Å². The number of fused-ring (bicyclic) bond motifs is 3. The van der Waals surface area contributed by atoms with Gasteiger partial charge in [-0.15, -0.1) is 0 Å². The summed E-state index contributed by atoms with van der Waals surface area (Å²) in [5.74, 6) is 0. The predicted octanol–water partition coefficient (Wildman–Crippen LogP) is 16.6. The monoisotopic (exact) mass is 790 g/mol. The van der Waals surface area contributed by atoms with E-state index < -0.39 is 0 Å². The van der Waals surface area contributed by atoms with E-state index in [0.29, 0.717) is 0 Å². The summed E-state index contributed by atoms with van der Waals surface area (Å²) in [6, 6.07) is 92.0. The summed E-state index contributed by atoms with van der Waals surface area (Å²) in [7, 11) is 0. The third kappa shape index (κ3) is 6.84. The predicted molar refractivity (Wildman–Crippen MR) is 263 cm³/mol. The summed E-state index contributed by atoms with van der Waals surface area (Å²) in [4.78, 5) is 2.34. The van der Waals surface area contributed by atoms with E-state index >= 15 is 0 Å². The molecule has 11 aromatic rings. The second-order valence-corrected chi connectivity index (χ2v) is 15.7. The van der Waals surface area contributed by atoms with Gasteiger partial charge in [0.1, 0.15) is 0 Å². The Hall–Kier alpha value is -8.20. The van der Waals surface area contributed by atoms with Crippen LogP contribution in [-0.2, 0) is 0 Å². The molecule has 2 heteroatoms. The van der Waals surface area contributed by atoms with Crippen LogP contribution in [0.4, 0.5) is 17.1 Å². The molecule has 0 aliphatic rings. The average molecular weight is 791 g/mol. The van der Waals surface area contributed by atoms with Crippen LogP contribution < -0.4 is 4.90 Å². The minimum Gasteiger partial charge on any atom is -0.310 e. The van der Waals surface area contributed by atoms with E-state index in [2.05, 4.69) is 264 Å². The molecule has 0 radical (unpaired) electrons. The molecule has 0 unspecified atom stereocenters. The summed E-state index contributed by atoms with van der Waals surface area (Å²) in [5, 5.41) is 2.47. The first-order valence-corrected chi connectivity index (χ1v) is 21.3. The molecule has 0 spiro atoms. The molecule has 2 nitrogen and oxygen atoms in total. The Kier molecular flexibility index (Phi) is 9.57. The maximum atomic E-state index is 2.47. The largest absolute Gasteiger partial charge is 0.310 e. The van der Waals surface area contributed by atoms with Gasteiger partial charge in [-0.3, -0.25) is 0 Å². The third-order valence-corrected chi connectivity index (χ3v) is 12.0. The first-order chi connectivity index (χ1) is 30.8. The van der Waals surface area contributed by atoms with Crippen molar-refractivity contribution in [2.24, 2.45) is 0 Å². The van der Waals surface area contributed by atoms with Gasteiger partial charge in [0.2, 0.25) is 0 Å². The fourth-order valence-corrected chi connectivity index (χ4v) is 9.04. The van der Waals surface area contributed by atoms with Crippen molar-refractivity contribution in [1.82, 2.24) is 4.57 Å². The maximum Gasteiger partial charge on any atom is 0.0547 e. The molecule has 0 N–H and O–H groups in total. The van der Waals surface area contributed by atoms with Crippen molar-refractivity contribution in [1.29, 1.82) is 0 Å². The number of para-hydroxylation sites is 2. The number of aromatic nitrogens is 1. The van der Waals surface area contributed by atoms with Gasteiger partial charge in [-0.2, -0.15) is 0 Å². The lowest BCUT2D eigenvalue weighted by Gasteiger charge is -2.26. The highest BCUT2D eigenvalue weighted by atomic mass is 15.1. The van der Waals surface area contributed by atoms with Crippen LogP contribution in [0.1, 0.15) is 0 Å². The zero-order valence-electron chi connectivity index (χ0n) is 34.1. The second-order valence-electron chi connectivity index (χ2n) is 15.7. The van der Waals surface area contributed by atoms with Gasteiger partial charge < -0.3 is 9.47 Å². The van der Waals surface area contributed by atoms with Crippen LogP contribution in [0.25, 0.3) is 83.1 Å². The van der Waals surface area contributed by atoms with E-state index in [1.54, 1.807) is 0 Å². The van der Waals surface area contributed by atoms with Crippen molar-refractivity contribution in [3.8, 4) is 61.3 Å². The van der Waals surface area contributed by atoms with Crippen LogP contribution in [0.15, 0.2) is 255 Å². The molecule has 0 saturated heterocycles. The van der Waals surface area contributed by atoms with Gasteiger partial charge in [0.05, 0.1) is 16.7 Å². The Balaban J connectivity index is 1.02. The lowest BCUT2D eigenvalue weighted by atomic mass is 9.93. The molecule has 62 heavy (non-hydrogen) atoms. The van der Waals surface area contributed by atoms with Gasteiger partial charge in [-0.1, -0.05) is 194 Å². The van der Waals surface area contributed by atoms with Crippen LogP contribution >= 0.6 is 0 Å². The molecular weight excluding hydrogens is 749 g/mol. The molecule has 11 rings (SSSR count). The zero-order chi connectivity index (χ0) is 41.2. The van der Waals surface area contributed by atoms with E-state index in [1.165, 1.54) is 77.4 Å². The molecule has 0 atom stereocenters. The Morgan fingerprint density at radius 2 is 0.710 bits per heavy atom. The van der Waals surface area contributed by atoms with Gasteiger partial charge in [-0.25, -0.2) is 0 Å². The Morgan fingerprint density at radius 3 is 1.40 bits per heavy atom.